The minimum atomic E-state index is 0.851. The smallest absolute Gasteiger partial charge is 0.0631 e. The summed E-state index contributed by atoms with van der Waals surface area (Å²) < 4.78 is 0. The monoisotopic (exact) mass is 225 g/mol. The number of para-hydroxylation sites is 1. The quantitative estimate of drug-likeness (QED) is 0.853. The number of hydrogen-bond donors (Lipinski definition) is 1. The number of aryl methyl sites for hydroxylation is 1. The van der Waals surface area contributed by atoms with Gasteiger partial charge >= 0.3 is 0 Å². The Morgan fingerprint density at radius 1 is 1.24 bits per heavy atom. The molecule has 0 saturated carbocycles. The van der Waals surface area contributed by atoms with E-state index in [2.05, 4.69) is 33.5 Å². The highest BCUT2D eigenvalue weighted by atomic mass is 14.9. The van der Waals surface area contributed by atoms with Crippen LogP contribution in [0.1, 0.15) is 23.2 Å². The van der Waals surface area contributed by atoms with Crippen LogP contribution in [0.25, 0.3) is 0 Å². The number of hydrogen-bond acceptors (Lipinski definition) is 3. The number of nitrogens with zero attached hydrogens (tertiary/aromatic N) is 2. The average molecular weight is 225 g/mol. The van der Waals surface area contributed by atoms with Crippen molar-refractivity contribution in [1.29, 1.82) is 0 Å². The molecule has 1 N–H and O–H groups in total. The lowest BCUT2D eigenvalue weighted by Gasteiger charge is -2.21. The zero-order valence-electron chi connectivity index (χ0n) is 9.69. The van der Waals surface area contributed by atoms with Gasteiger partial charge in [0.15, 0.2) is 0 Å². The second-order valence-corrected chi connectivity index (χ2v) is 4.36. The van der Waals surface area contributed by atoms with Crippen LogP contribution in [-0.2, 0) is 12.8 Å². The highest BCUT2D eigenvalue weighted by Gasteiger charge is 2.12. The SMILES string of the molecule is c1cc2c(c(Cc3cnccn3)c1)NCCC2. The van der Waals surface area contributed by atoms with Crippen LogP contribution in [-0.4, -0.2) is 16.5 Å². The van der Waals surface area contributed by atoms with Crippen molar-refractivity contribution in [3.05, 3.63) is 53.6 Å². The molecule has 0 fully saturated rings. The fourth-order valence-corrected chi connectivity index (χ4v) is 2.34. The maximum Gasteiger partial charge on any atom is 0.0631 e. The van der Waals surface area contributed by atoms with Gasteiger partial charge in [-0.25, -0.2) is 0 Å². The molecule has 2 aromatic rings. The Balaban J connectivity index is 1.93. The Labute approximate surface area is 101 Å². The molecule has 1 aliphatic heterocycles. The van der Waals surface area contributed by atoms with Crippen molar-refractivity contribution in [2.45, 2.75) is 19.3 Å². The van der Waals surface area contributed by atoms with E-state index in [4.69, 9.17) is 0 Å². The first-order chi connectivity index (χ1) is 8.43. The zero-order chi connectivity index (χ0) is 11.5. The molecule has 0 spiro atoms. The van der Waals surface area contributed by atoms with E-state index in [1.807, 2.05) is 6.20 Å². The lowest BCUT2D eigenvalue weighted by molar-refractivity contribution is 0.824. The Kier molecular flexibility index (Phi) is 2.74. The van der Waals surface area contributed by atoms with E-state index in [9.17, 15) is 0 Å². The molecule has 3 nitrogen and oxygen atoms in total. The van der Waals surface area contributed by atoms with Crippen molar-refractivity contribution in [3.8, 4) is 0 Å². The Morgan fingerprint density at radius 3 is 3.12 bits per heavy atom. The van der Waals surface area contributed by atoms with Gasteiger partial charge in [0.2, 0.25) is 0 Å². The maximum absolute atomic E-state index is 4.33. The van der Waals surface area contributed by atoms with Gasteiger partial charge in [0.1, 0.15) is 0 Å². The molecular weight excluding hydrogens is 210 g/mol. The van der Waals surface area contributed by atoms with Gasteiger partial charge in [-0.1, -0.05) is 18.2 Å². The van der Waals surface area contributed by atoms with Crippen LogP contribution < -0.4 is 5.32 Å². The van der Waals surface area contributed by atoms with Crippen LogP contribution >= 0.6 is 0 Å². The fourth-order valence-electron chi connectivity index (χ4n) is 2.34. The number of anilines is 1. The van der Waals surface area contributed by atoms with Crippen molar-refractivity contribution in [2.75, 3.05) is 11.9 Å². The molecule has 0 amide bonds. The molecular formula is C14H15N3. The summed E-state index contributed by atoms with van der Waals surface area (Å²) in [4.78, 5) is 8.44. The molecule has 0 unspecified atom stereocenters. The Hall–Kier alpha value is -1.90. The van der Waals surface area contributed by atoms with Crippen LogP contribution in [0.15, 0.2) is 36.8 Å². The summed E-state index contributed by atoms with van der Waals surface area (Å²) in [5, 5.41) is 3.50. The molecule has 0 atom stereocenters. The largest absolute Gasteiger partial charge is 0.385 e. The summed E-state index contributed by atoms with van der Waals surface area (Å²) in [5.74, 6) is 0. The molecule has 86 valence electrons. The van der Waals surface area contributed by atoms with Crippen LogP contribution in [0, 0.1) is 0 Å². The molecule has 3 heteroatoms. The molecule has 3 rings (SSSR count). The number of benzene rings is 1. The first-order valence-electron chi connectivity index (χ1n) is 6.03. The zero-order valence-corrected chi connectivity index (χ0v) is 9.69. The van der Waals surface area contributed by atoms with Gasteiger partial charge in [-0.3, -0.25) is 9.97 Å². The van der Waals surface area contributed by atoms with Gasteiger partial charge in [0.25, 0.3) is 0 Å². The standard InChI is InChI=1S/C14H15N3/c1-3-11-5-2-6-17-14(11)12(4-1)9-13-10-15-7-8-16-13/h1,3-4,7-8,10,17H,2,5-6,9H2. The molecule has 1 aromatic heterocycles. The average Bonchev–Trinajstić information content (AvgIpc) is 2.40. The van der Waals surface area contributed by atoms with Crippen molar-refractivity contribution in [2.24, 2.45) is 0 Å². The molecule has 1 aromatic carbocycles. The van der Waals surface area contributed by atoms with Crippen LogP contribution in [0.5, 0.6) is 0 Å². The Bertz CT molecular complexity index is 508. The highest BCUT2D eigenvalue weighted by molar-refractivity contribution is 5.59. The van der Waals surface area contributed by atoms with Crippen LogP contribution in [0.4, 0.5) is 5.69 Å². The molecule has 1 aliphatic rings. The highest BCUT2D eigenvalue weighted by Crippen LogP contribution is 2.27. The second-order valence-electron chi connectivity index (χ2n) is 4.36. The molecule has 2 heterocycles. The van der Waals surface area contributed by atoms with Crippen molar-refractivity contribution in [3.63, 3.8) is 0 Å². The molecule has 0 bridgehead atoms. The molecule has 0 radical (unpaired) electrons. The fraction of sp³-hybridized carbons (Fsp3) is 0.286. The number of rotatable bonds is 2. The maximum atomic E-state index is 4.33. The Morgan fingerprint density at radius 2 is 2.24 bits per heavy atom. The number of aromatic nitrogens is 2. The summed E-state index contributed by atoms with van der Waals surface area (Å²) >= 11 is 0. The van der Waals surface area contributed by atoms with Crippen molar-refractivity contribution >= 4 is 5.69 Å². The third-order valence-electron chi connectivity index (χ3n) is 3.15. The number of nitrogens with one attached hydrogen (secondary N) is 1. The minimum absolute atomic E-state index is 0.851. The summed E-state index contributed by atoms with van der Waals surface area (Å²) in [6.45, 7) is 1.07. The van der Waals surface area contributed by atoms with E-state index in [1.54, 1.807) is 12.4 Å². The van der Waals surface area contributed by atoms with Gasteiger partial charge in [0.05, 0.1) is 5.69 Å². The lowest BCUT2D eigenvalue weighted by Crippen LogP contribution is -2.14. The van der Waals surface area contributed by atoms with Gasteiger partial charge < -0.3 is 5.32 Å². The van der Waals surface area contributed by atoms with Crippen LogP contribution in [0.3, 0.4) is 0 Å². The normalized spacial score (nSPS) is 13.9. The summed E-state index contributed by atoms with van der Waals surface area (Å²) in [6.07, 6.45) is 8.55. The second kappa shape index (κ2) is 4.53. The van der Waals surface area contributed by atoms with Gasteiger partial charge in [-0.15, -0.1) is 0 Å². The van der Waals surface area contributed by atoms with Gasteiger partial charge in [-0.05, 0) is 24.0 Å². The topological polar surface area (TPSA) is 37.8 Å². The van der Waals surface area contributed by atoms with E-state index in [0.29, 0.717) is 0 Å². The van der Waals surface area contributed by atoms with E-state index in [0.717, 1.165) is 18.7 Å². The predicted octanol–water partition coefficient (Wildman–Crippen LogP) is 2.43. The first-order valence-corrected chi connectivity index (χ1v) is 6.03. The molecule has 0 aliphatic carbocycles. The van der Waals surface area contributed by atoms with Gasteiger partial charge in [0, 0.05) is 37.2 Å². The lowest BCUT2D eigenvalue weighted by atomic mass is 9.97. The van der Waals surface area contributed by atoms with Crippen molar-refractivity contribution in [1.82, 2.24) is 9.97 Å². The summed E-state index contributed by atoms with van der Waals surface area (Å²) in [5.41, 5.74) is 5.08. The van der Waals surface area contributed by atoms with E-state index in [-0.39, 0.29) is 0 Å². The number of fused-ring (bicyclic) bond motifs is 1. The molecule has 0 saturated heterocycles. The summed E-state index contributed by atoms with van der Waals surface area (Å²) in [7, 11) is 0. The molecule has 17 heavy (non-hydrogen) atoms. The van der Waals surface area contributed by atoms with Gasteiger partial charge in [-0.2, -0.15) is 0 Å². The predicted molar refractivity (Wildman–Crippen MR) is 68.1 cm³/mol. The summed E-state index contributed by atoms with van der Waals surface area (Å²) in [6, 6.07) is 6.52. The van der Waals surface area contributed by atoms with E-state index >= 15 is 0 Å². The van der Waals surface area contributed by atoms with E-state index < -0.39 is 0 Å². The minimum Gasteiger partial charge on any atom is -0.385 e. The first kappa shape index (κ1) is 10.3. The van der Waals surface area contributed by atoms with Crippen LogP contribution in [0.2, 0.25) is 0 Å². The van der Waals surface area contributed by atoms with Crippen molar-refractivity contribution < 1.29 is 0 Å². The van der Waals surface area contributed by atoms with E-state index in [1.165, 1.54) is 29.7 Å². The third kappa shape index (κ3) is 2.13. The third-order valence-corrected chi connectivity index (χ3v) is 3.15.